The van der Waals surface area contributed by atoms with Crippen molar-refractivity contribution in [1.29, 1.82) is 0 Å². The zero-order valence-corrected chi connectivity index (χ0v) is 12.8. The van der Waals surface area contributed by atoms with E-state index in [1.807, 2.05) is 41.2 Å². The molecule has 2 aromatic heterocycles. The van der Waals surface area contributed by atoms with E-state index in [0.717, 1.165) is 30.6 Å². The number of amides is 1. The Hall–Kier alpha value is -2.83. The maximum Gasteiger partial charge on any atom is 0.298 e. The molecule has 1 saturated heterocycles. The third-order valence-corrected chi connectivity index (χ3v) is 4.00. The van der Waals surface area contributed by atoms with Crippen LogP contribution in [-0.4, -0.2) is 33.8 Å². The lowest BCUT2D eigenvalue weighted by molar-refractivity contribution is -0.114. The van der Waals surface area contributed by atoms with E-state index < -0.39 is 0 Å². The van der Waals surface area contributed by atoms with Crippen molar-refractivity contribution < 1.29 is 9.21 Å². The number of aromatic nitrogens is 3. The number of fused-ring (bicyclic) bond motifs is 1. The number of rotatable bonds is 3. The Morgan fingerprint density at radius 3 is 3.04 bits per heavy atom. The first-order valence-corrected chi connectivity index (χ1v) is 7.62. The lowest BCUT2D eigenvalue weighted by atomic mass is 10.3. The van der Waals surface area contributed by atoms with Crippen LogP contribution in [0.4, 0.5) is 11.8 Å². The summed E-state index contributed by atoms with van der Waals surface area (Å²) in [7, 11) is 0. The number of nitrogens with zero attached hydrogens (tertiary/aromatic N) is 4. The van der Waals surface area contributed by atoms with Gasteiger partial charge in [0.25, 0.3) is 6.01 Å². The molecule has 23 heavy (non-hydrogen) atoms. The molecule has 3 heterocycles. The van der Waals surface area contributed by atoms with E-state index in [0.29, 0.717) is 11.8 Å². The Morgan fingerprint density at radius 2 is 2.22 bits per heavy atom. The third kappa shape index (κ3) is 2.65. The molecule has 118 valence electrons. The fourth-order valence-corrected chi connectivity index (χ4v) is 2.92. The first-order valence-electron chi connectivity index (χ1n) is 7.62. The van der Waals surface area contributed by atoms with Crippen molar-refractivity contribution in [2.24, 2.45) is 0 Å². The van der Waals surface area contributed by atoms with Gasteiger partial charge in [0.1, 0.15) is 5.52 Å². The SMILES string of the molecule is CC(=O)Nc1ccn(C2CCN(c3nc4ccccc4o3)C2)n1. The van der Waals surface area contributed by atoms with Gasteiger partial charge in [0.05, 0.1) is 6.04 Å². The molecule has 0 aliphatic carbocycles. The van der Waals surface area contributed by atoms with Crippen LogP contribution >= 0.6 is 0 Å². The van der Waals surface area contributed by atoms with Gasteiger partial charge in [-0.2, -0.15) is 10.1 Å². The molecule has 1 aliphatic heterocycles. The van der Waals surface area contributed by atoms with Gasteiger partial charge >= 0.3 is 0 Å². The van der Waals surface area contributed by atoms with Crippen molar-refractivity contribution in [2.45, 2.75) is 19.4 Å². The van der Waals surface area contributed by atoms with Crippen LogP contribution in [0.25, 0.3) is 11.1 Å². The highest BCUT2D eigenvalue weighted by molar-refractivity contribution is 5.87. The minimum Gasteiger partial charge on any atom is -0.423 e. The summed E-state index contributed by atoms with van der Waals surface area (Å²) in [6, 6.07) is 10.5. The summed E-state index contributed by atoms with van der Waals surface area (Å²) < 4.78 is 7.72. The first kappa shape index (κ1) is 13.8. The predicted molar refractivity (Wildman–Crippen MR) is 86.4 cm³/mol. The van der Waals surface area contributed by atoms with Gasteiger partial charge in [-0.15, -0.1) is 0 Å². The summed E-state index contributed by atoms with van der Waals surface area (Å²) in [6.07, 6.45) is 2.85. The number of hydrogen-bond acceptors (Lipinski definition) is 5. The standard InChI is InChI=1S/C16H17N5O2/c1-11(22)17-15-7-9-21(19-15)12-6-8-20(10-12)16-18-13-4-2-3-5-14(13)23-16/h2-5,7,9,12H,6,8,10H2,1H3,(H,17,19,22). The minimum absolute atomic E-state index is 0.116. The second-order valence-corrected chi connectivity index (χ2v) is 5.71. The second-order valence-electron chi connectivity index (χ2n) is 5.71. The van der Waals surface area contributed by atoms with Crippen LogP contribution in [0, 0.1) is 0 Å². The Morgan fingerprint density at radius 1 is 1.35 bits per heavy atom. The quantitative estimate of drug-likeness (QED) is 0.804. The van der Waals surface area contributed by atoms with Crippen LogP contribution in [0.3, 0.4) is 0 Å². The average molecular weight is 311 g/mol. The van der Waals surface area contributed by atoms with E-state index in [-0.39, 0.29) is 11.9 Å². The van der Waals surface area contributed by atoms with E-state index in [1.54, 1.807) is 0 Å². The molecule has 1 aliphatic rings. The first-order chi connectivity index (χ1) is 11.2. The molecule has 1 N–H and O–H groups in total. The number of oxazole rings is 1. The van der Waals surface area contributed by atoms with Gasteiger partial charge in [-0.1, -0.05) is 12.1 Å². The zero-order valence-electron chi connectivity index (χ0n) is 12.8. The van der Waals surface area contributed by atoms with Gasteiger partial charge in [0.15, 0.2) is 11.4 Å². The summed E-state index contributed by atoms with van der Waals surface area (Å²) in [5.74, 6) is 0.465. The van der Waals surface area contributed by atoms with Crippen molar-refractivity contribution in [3.8, 4) is 0 Å². The summed E-state index contributed by atoms with van der Waals surface area (Å²) in [6.45, 7) is 3.13. The summed E-state index contributed by atoms with van der Waals surface area (Å²) in [4.78, 5) is 17.7. The molecular weight excluding hydrogens is 294 g/mol. The number of benzene rings is 1. The summed E-state index contributed by atoms with van der Waals surface area (Å²) in [5, 5.41) is 7.10. The topological polar surface area (TPSA) is 76.2 Å². The molecule has 0 spiro atoms. The van der Waals surface area contributed by atoms with Gasteiger partial charge in [-0.25, -0.2) is 0 Å². The van der Waals surface area contributed by atoms with Crippen molar-refractivity contribution in [3.05, 3.63) is 36.5 Å². The van der Waals surface area contributed by atoms with E-state index >= 15 is 0 Å². The lowest BCUT2D eigenvalue weighted by Crippen LogP contribution is -2.21. The number of nitrogens with one attached hydrogen (secondary N) is 1. The fraction of sp³-hybridized carbons (Fsp3) is 0.312. The van der Waals surface area contributed by atoms with Crippen molar-refractivity contribution in [3.63, 3.8) is 0 Å². The molecule has 7 heteroatoms. The van der Waals surface area contributed by atoms with Gasteiger partial charge in [-0.05, 0) is 18.6 Å². The van der Waals surface area contributed by atoms with Gasteiger partial charge < -0.3 is 14.6 Å². The summed E-state index contributed by atoms with van der Waals surface area (Å²) in [5.41, 5.74) is 1.68. The van der Waals surface area contributed by atoms with Crippen molar-refractivity contribution in [1.82, 2.24) is 14.8 Å². The van der Waals surface area contributed by atoms with Gasteiger partial charge in [0.2, 0.25) is 5.91 Å². The molecule has 0 saturated carbocycles. The molecule has 1 atom stereocenters. The molecular formula is C16H17N5O2. The van der Waals surface area contributed by atoms with E-state index in [9.17, 15) is 4.79 Å². The Bertz CT molecular complexity index is 820. The van der Waals surface area contributed by atoms with Crippen LogP contribution in [0.5, 0.6) is 0 Å². The number of para-hydroxylation sites is 2. The van der Waals surface area contributed by atoms with Crippen LogP contribution in [0.1, 0.15) is 19.4 Å². The smallest absolute Gasteiger partial charge is 0.298 e. The predicted octanol–water partition coefficient (Wildman–Crippen LogP) is 2.43. The molecule has 1 unspecified atom stereocenters. The van der Waals surface area contributed by atoms with Crippen LogP contribution in [0.15, 0.2) is 40.9 Å². The van der Waals surface area contributed by atoms with Gasteiger partial charge in [-0.3, -0.25) is 9.48 Å². The highest BCUT2D eigenvalue weighted by Gasteiger charge is 2.27. The van der Waals surface area contributed by atoms with E-state index in [4.69, 9.17) is 4.42 Å². The van der Waals surface area contributed by atoms with Gasteiger partial charge in [0, 0.05) is 32.3 Å². The maximum atomic E-state index is 11.1. The van der Waals surface area contributed by atoms with E-state index in [2.05, 4.69) is 20.3 Å². The molecule has 7 nitrogen and oxygen atoms in total. The normalized spacial score (nSPS) is 17.8. The largest absolute Gasteiger partial charge is 0.423 e. The molecule has 1 amide bonds. The molecule has 0 bridgehead atoms. The molecule has 3 aromatic rings. The Balaban J connectivity index is 1.50. The Labute approximate surface area is 132 Å². The highest BCUT2D eigenvalue weighted by Crippen LogP contribution is 2.29. The van der Waals surface area contributed by atoms with Crippen LogP contribution < -0.4 is 10.2 Å². The van der Waals surface area contributed by atoms with E-state index in [1.165, 1.54) is 6.92 Å². The zero-order chi connectivity index (χ0) is 15.8. The number of anilines is 2. The molecule has 1 fully saturated rings. The molecule has 1 aromatic carbocycles. The average Bonchev–Trinajstić information content (AvgIpc) is 3.24. The molecule has 4 rings (SSSR count). The number of carbonyl (C=O) groups excluding carboxylic acids is 1. The van der Waals surface area contributed by atoms with Crippen molar-refractivity contribution >= 4 is 28.8 Å². The second kappa shape index (κ2) is 5.42. The maximum absolute atomic E-state index is 11.1. The lowest BCUT2D eigenvalue weighted by Gasteiger charge is -2.13. The number of hydrogen-bond donors (Lipinski definition) is 1. The van der Waals surface area contributed by atoms with Crippen LogP contribution in [0.2, 0.25) is 0 Å². The number of carbonyl (C=O) groups is 1. The Kier molecular flexibility index (Phi) is 3.25. The van der Waals surface area contributed by atoms with Crippen LogP contribution in [-0.2, 0) is 4.79 Å². The summed E-state index contributed by atoms with van der Waals surface area (Å²) >= 11 is 0. The minimum atomic E-state index is -0.116. The third-order valence-electron chi connectivity index (χ3n) is 4.00. The fourth-order valence-electron chi connectivity index (χ4n) is 2.92. The highest BCUT2D eigenvalue weighted by atomic mass is 16.4. The monoisotopic (exact) mass is 311 g/mol. The molecule has 0 radical (unpaired) electrons. The van der Waals surface area contributed by atoms with Crippen molar-refractivity contribution in [2.75, 3.05) is 23.3 Å².